The first kappa shape index (κ1) is 16.3. The number of amides is 2. The molecule has 0 saturated carbocycles. The van der Waals surface area contributed by atoms with Crippen LogP contribution in [0.3, 0.4) is 0 Å². The molecule has 2 amide bonds. The van der Waals surface area contributed by atoms with E-state index in [2.05, 4.69) is 0 Å². The predicted molar refractivity (Wildman–Crippen MR) is 105 cm³/mol. The molecule has 7 heteroatoms. The van der Waals surface area contributed by atoms with Gasteiger partial charge in [-0.2, -0.15) is 0 Å². The first-order valence-electron chi connectivity index (χ1n) is 8.68. The molecule has 1 aliphatic rings. The maximum absolute atomic E-state index is 13.2. The van der Waals surface area contributed by atoms with Crippen LogP contribution in [-0.2, 0) is 14.1 Å². The van der Waals surface area contributed by atoms with Gasteiger partial charge in [0.15, 0.2) is 0 Å². The normalized spacial score (nSPS) is 13.7. The molecule has 28 heavy (non-hydrogen) atoms. The number of imidazole rings is 1. The molecule has 0 aliphatic carbocycles. The van der Waals surface area contributed by atoms with Gasteiger partial charge in [0.25, 0.3) is 11.8 Å². The minimum Gasteiger partial charge on any atom is -0.508 e. The molecule has 1 N–H and O–H groups in total. The van der Waals surface area contributed by atoms with Crippen LogP contribution in [0.25, 0.3) is 21.8 Å². The molecule has 1 aliphatic heterocycles. The van der Waals surface area contributed by atoms with Crippen LogP contribution in [-0.4, -0.2) is 26.1 Å². The molecule has 7 nitrogen and oxygen atoms in total. The van der Waals surface area contributed by atoms with Gasteiger partial charge in [-0.15, -0.1) is 0 Å². The molecule has 1 aromatic heterocycles. The Morgan fingerprint density at radius 1 is 0.786 bits per heavy atom. The average molecular weight is 373 g/mol. The van der Waals surface area contributed by atoms with E-state index in [1.807, 2.05) is 0 Å². The molecule has 0 spiro atoms. The molecule has 0 atom stereocenters. The molecule has 3 aromatic carbocycles. The van der Waals surface area contributed by atoms with Crippen molar-refractivity contribution in [1.29, 1.82) is 0 Å². The summed E-state index contributed by atoms with van der Waals surface area (Å²) in [5.41, 5.74) is 2.17. The van der Waals surface area contributed by atoms with E-state index in [0.29, 0.717) is 33.1 Å². The first-order valence-corrected chi connectivity index (χ1v) is 8.68. The molecule has 0 bridgehead atoms. The zero-order valence-electron chi connectivity index (χ0n) is 15.1. The fourth-order valence-electron chi connectivity index (χ4n) is 3.96. The van der Waals surface area contributed by atoms with E-state index < -0.39 is 11.8 Å². The van der Waals surface area contributed by atoms with Gasteiger partial charge >= 0.3 is 5.69 Å². The zero-order chi connectivity index (χ0) is 19.7. The quantitative estimate of drug-likeness (QED) is 0.520. The highest BCUT2D eigenvalue weighted by molar-refractivity contribution is 6.36. The monoisotopic (exact) mass is 373 g/mol. The van der Waals surface area contributed by atoms with E-state index in [1.54, 1.807) is 50.5 Å². The van der Waals surface area contributed by atoms with Crippen molar-refractivity contribution in [3.05, 3.63) is 70.1 Å². The van der Waals surface area contributed by atoms with Gasteiger partial charge < -0.3 is 5.11 Å². The number of anilines is 1. The lowest BCUT2D eigenvalue weighted by molar-refractivity contribution is 0.0893. The Balaban J connectivity index is 1.77. The van der Waals surface area contributed by atoms with Gasteiger partial charge in [0, 0.05) is 25.0 Å². The summed E-state index contributed by atoms with van der Waals surface area (Å²) in [5.74, 6) is -0.984. The summed E-state index contributed by atoms with van der Waals surface area (Å²) in [6.45, 7) is 0. The van der Waals surface area contributed by atoms with Crippen LogP contribution in [0.5, 0.6) is 5.75 Å². The number of aromatic hydroxyl groups is 1. The molecule has 0 radical (unpaired) electrons. The number of phenols is 1. The van der Waals surface area contributed by atoms with Crippen LogP contribution < -0.4 is 10.6 Å². The molecule has 0 fully saturated rings. The third kappa shape index (κ3) is 1.95. The third-order valence-corrected chi connectivity index (χ3v) is 5.34. The zero-order valence-corrected chi connectivity index (χ0v) is 15.1. The second-order valence-electron chi connectivity index (χ2n) is 6.92. The highest BCUT2D eigenvalue weighted by atomic mass is 16.3. The Kier molecular flexibility index (Phi) is 3.10. The predicted octanol–water partition coefficient (Wildman–Crippen LogP) is 2.54. The van der Waals surface area contributed by atoms with E-state index in [1.165, 1.54) is 21.3 Å². The smallest absolute Gasteiger partial charge is 0.328 e. The van der Waals surface area contributed by atoms with E-state index in [9.17, 15) is 19.5 Å². The summed E-state index contributed by atoms with van der Waals surface area (Å²) >= 11 is 0. The van der Waals surface area contributed by atoms with Gasteiger partial charge in [0.1, 0.15) is 5.75 Å². The van der Waals surface area contributed by atoms with Crippen molar-refractivity contribution in [1.82, 2.24) is 9.13 Å². The van der Waals surface area contributed by atoms with Crippen LogP contribution in [0.15, 0.2) is 53.3 Å². The van der Waals surface area contributed by atoms with Gasteiger partial charge in [0.05, 0.1) is 22.3 Å². The number of phenolic OH excluding ortho intramolecular Hbond substituents is 1. The lowest BCUT2D eigenvalue weighted by Gasteiger charge is -2.27. The number of aryl methyl sites for hydroxylation is 2. The number of carbonyl (C=O) groups is 2. The maximum atomic E-state index is 13.2. The lowest BCUT2D eigenvalue weighted by Crippen LogP contribution is -2.40. The summed E-state index contributed by atoms with van der Waals surface area (Å²) in [6, 6.07) is 13.1. The van der Waals surface area contributed by atoms with Crippen molar-refractivity contribution in [3.63, 3.8) is 0 Å². The topological polar surface area (TPSA) is 84.5 Å². The second kappa shape index (κ2) is 5.32. The van der Waals surface area contributed by atoms with Gasteiger partial charge in [-0.1, -0.05) is 12.1 Å². The van der Waals surface area contributed by atoms with Gasteiger partial charge in [0.2, 0.25) is 0 Å². The number of benzene rings is 3. The number of imide groups is 1. The minimum atomic E-state index is -0.509. The van der Waals surface area contributed by atoms with Crippen LogP contribution >= 0.6 is 0 Å². The van der Waals surface area contributed by atoms with Crippen molar-refractivity contribution < 1.29 is 14.7 Å². The number of fused-ring (bicyclic) bond motifs is 1. The number of hydrogen-bond donors (Lipinski definition) is 1. The molecule has 138 valence electrons. The Hall–Kier alpha value is -3.87. The summed E-state index contributed by atoms with van der Waals surface area (Å²) in [7, 11) is 3.31. The largest absolute Gasteiger partial charge is 0.508 e. The molecular formula is C21H15N3O4. The van der Waals surface area contributed by atoms with Crippen molar-refractivity contribution in [2.24, 2.45) is 14.1 Å². The van der Waals surface area contributed by atoms with E-state index in [-0.39, 0.29) is 17.0 Å². The highest BCUT2D eigenvalue weighted by Crippen LogP contribution is 2.35. The summed E-state index contributed by atoms with van der Waals surface area (Å²) in [4.78, 5) is 39.6. The fraction of sp³-hybridized carbons (Fsp3) is 0.0952. The lowest BCUT2D eigenvalue weighted by atomic mass is 9.93. The molecule has 5 rings (SSSR count). The Labute approximate surface area is 158 Å². The molecule has 0 unspecified atom stereocenters. The molecular weight excluding hydrogens is 358 g/mol. The van der Waals surface area contributed by atoms with Gasteiger partial charge in [-0.25, -0.2) is 9.69 Å². The van der Waals surface area contributed by atoms with E-state index >= 15 is 0 Å². The second-order valence-corrected chi connectivity index (χ2v) is 6.92. The SMILES string of the molecule is Cn1c(=O)n(C)c2cc(N3C(=O)c4cccc5cc(O)cc(c45)C3=O)ccc21. The Bertz CT molecular complexity index is 1410. The summed E-state index contributed by atoms with van der Waals surface area (Å²) in [5, 5.41) is 11.2. The van der Waals surface area contributed by atoms with E-state index in [4.69, 9.17) is 0 Å². The molecule has 4 aromatic rings. The minimum absolute atomic E-state index is 0.0387. The Morgan fingerprint density at radius 2 is 1.50 bits per heavy atom. The van der Waals surface area contributed by atoms with Crippen LogP contribution in [0.1, 0.15) is 20.7 Å². The number of nitrogens with zero attached hydrogens (tertiary/aromatic N) is 3. The van der Waals surface area contributed by atoms with Gasteiger partial charge in [-0.05, 0) is 41.8 Å². The number of carbonyl (C=O) groups excluding carboxylic acids is 2. The molecule has 2 heterocycles. The maximum Gasteiger partial charge on any atom is 0.328 e. The van der Waals surface area contributed by atoms with Crippen LogP contribution in [0.2, 0.25) is 0 Å². The third-order valence-electron chi connectivity index (χ3n) is 5.34. The Morgan fingerprint density at radius 3 is 2.29 bits per heavy atom. The average Bonchev–Trinajstić information content (AvgIpc) is 2.90. The standard InChI is InChI=1S/C21H15N3O4/c1-22-16-7-6-12(9-17(16)23(2)21(22)28)24-19(26)14-5-3-4-11-8-13(25)10-15(18(11)14)20(24)27/h3-10,25H,1-2H3. The fourth-order valence-corrected chi connectivity index (χ4v) is 3.96. The first-order chi connectivity index (χ1) is 13.4. The van der Waals surface area contributed by atoms with Gasteiger partial charge in [-0.3, -0.25) is 18.7 Å². The van der Waals surface area contributed by atoms with E-state index in [0.717, 1.165) is 4.90 Å². The van der Waals surface area contributed by atoms with Crippen molar-refractivity contribution >= 4 is 39.3 Å². The van der Waals surface area contributed by atoms with Crippen molar-refractivity contribution in [2.45, 2.75) is 0 Å². The number of rotatable bonds is 1. The highest BCUT2D eigenvalue weighted by Gasteiger charge is 2.34. The van der Waals surface area contributed by atoms with Crippen LogP contribution in [0.4, 0.5) is 5.69 Å². The number of aromatic nitrogens is 2. The molecule has 0 saturated heterocycles. The summed E-state index contributed by atoms with van der Waals surface area (Å²) < 4.78 is 2.98. The number of hydrogen-bond acceptors (Lipinski definition) is 4. The van der Waals surface area contributed by atoms with Crippen molar-refractivity contribution in [2.75, 3.05) is 4.90 Å². The van der Waals surface area contributed by atoms with Crippen molar-refractivity contribution in [3.8, 4) is 5.75 Å². The summed E-state index contributed by atoms with van der Waals surface area (Å²) in [6.07, 6.45) is 0. The van der Waals surface area contributed by atoms with Crippen LogP contribution in [0, 0.1) is 0 Å².